The maximum atomic E-state index is 12.2. The molecule has 0 saturated carbocycles. The van der Waals surface area contributed by atoms with Gasteiger partial charge < -0.3 is 10.1 Å². The molecule has 2 aromatic heterocycles. The second-order valence-electron chi connectivity index (χ2n) is 5.90. The largest absolute Gasteiger partial charge is 0.494 e. The van der Waals surface area contributed by atoms with Crippen LogP contribution in [0.5, 0.6) is 5.75 Å². The van der Waals surface area contributed by atoms with E-state index in [4.69, 9.17) is 4.74 Å². The maximum Gasteiger partial charge on any atom is 0.288 e. The van der Waals surface area contributed by atoms with Gasteiger partial charge in [0.1, 0.15) is 15.8 Å². The molecule has 0 fully saturated rings. The third-order valence-electron chi connectivity index (χ3n) is 3.72. The summed E-state index contributed by atoms with van der Waals surface area (Å²) in [5.74, 6) is 0.268. The highest BCUT2D eigenvalue weighted by molar-refractivity contribution is 7.15. The Morgan fingerprint density at radius 2 is 1.93 bits per heavy atom. The molecule has 1 aromatic carbocycles. The van der Waals surface area contributed by atoms with Gasteiger partial charge in [-0.3, -0.25) is 14.9 Å². The molecule has 0 aliphatic heterocycles. The van der Waals surface area contributed by atoms with E-state index in [2.05, 4.69) is 31.0 Å². The summed E-state index contributed by atoms with van der Waals surface area (Å²) in [7, 11) is 0. The molecule has 0 atom stereocenters. The molecule has 0 aliphatic rings. The van der Waals surface area contributed by atoms with E-state index in [0.717, 1.165) is 27.7 Å². The lowest BCUT2D eigenvalue weighted by Gasteiger charge is -2.10. The van der Waals surface area contributed by atoms with E-state index < -0.39 is 0 Å². The lowest BCUT2D eigenvalue weighted by Crippen LogP contribution is -2.23. The van der Waals surface area contributed by atoms with Crippen molar-refractivity contribution in [1.29, 1.82) is 0 Å². The first-order chi connectivity index (χ1) is 14.0. The third-order valence-corrected chi connectivity index (χ3v) is 5.46. The molecule has 3 aromatic rings. The van der Waals surface area contributed by atoms with Gasteiger partial charge in [0.2, 0.25) is 16.0 Å². The zero-order valence-corrected chi connectivity index (χ0v) is 17.6. The number of anilines is 1. The van der Waals surface area contributed by atoms with Gasteiger partial charge in [0.25, 0.3) is 5.91 Å². The van der Waals surface area contributed by atoms with Crippen molar-refractivity contribution in [3.8, 4) is 5.75 Å². The first-order valence-electron chi connectivity index (χ1n) is 8.96. The molecule has 152 valence electrons. The fourth-order valence-electron chi connectivity index (χ4n) is 2.39. The van der Waals surface area contributed by atoms with Crippen LogP contribution in [0, 0.1) is 6.92 Å². The predicted octanol–water partition coefficient (Wildman–Crippen LogP) is 2.60. The fraction of sp³-hybridized carbons (Fsp3) is 0.333. The van der Waals surface area contributed by atoms with Crippen LogP contribution in [-0.4, -0.2) is 38.8 Å². The number of nitrogens with one attached hydrogen (secondary N) is 2. The van der Waals surface area contributed by atoms with E-state index in [1.54, 1.807) is 6.92 Å². The van der Waals surface area contributed by atoms with Gasteiger partial charge >= 0.3 is 0 Å². The van der Waals surface area contributed by atoms with Crippen molar-refractivity contribution in [3.05, 3.63) is 44.9 Å². The Bertz CT molecular complexity index is 987. The van der Waals surface area contributed by atoms with Crippen molar-refractivity contribution in [2.75, 3.05) is 11.9 Å². The molecule has 11 heteroatoms. The number of hydrogen-bond acceptors (Lipinski definition) is 9. The minimum atomic E-state index is -0.387. The fourth-order valence-corrected chi connectivity index (χ4v) is 3.71. The minimum absolute atomic E-state index is 0.109. The topological polar surface area (TPSA) is 119 Å². The van der Waals surface area contributed by atoms with Crippen LogP contribution >= 0.6 is 22.7 Å². The number of amides is 2. The predicted molar refractivity (Wildman–Crippen MR) is 110 cm³/mol. The highest BCUT2D eigenvalue weighted by Gasteiger charge is 2.15. The van der Waals surface area contributed by atoms with Crippen LogP contribution in [0.1, 0.15) is 38.7 Å². The van der Waals surface area contributed by atoms with Crippen LogP contribution in [-0.2, 0) is 17.8 Å². The van der Waals surface area contributed by atoms with Crippen molar-refractivity contribution < 1.29 is 14.3 Å². The first kappa shape index (κ1) is 20.8. The molecule has 2 heterocycles. The summed E-state index contributed by atoms with van der Waals surface area (Å²) in [5, 5.41) is 23.1. The van der Waals surface area contributed by atoms with Gasteiger partial charge in [-0.25, -0.2) is 0 Å². The summed E-state index contributed by atoms with van der Waals surface area (Å²) in [6.07, 6.45) is 0.657. The average molecular weight is 433 g/mol. The molecule has 0 radical (unpaired) electrons. The van der Waals surface area contributed by atoms with Gasteiger partial charge in [0.15, 0.2) is 0 Å². The van der Waals surface area contributed by atoms with Crippen LogP contribution in [0.3, 0.4) is 0 Å². The molecular weight excluding hydrogens is 412 g/mol. The second-order valence-corrected chi connectivity index (χ2v) is 8.14. The van der Waals surface area contributed by atoms with Gasteiger partial charge in [-0.2, -0.15) is 0 Å². The third kappa shape index (κ3) is 6.03. The molecule has 2 amide bonds. The molecule has 0 saturated heterocycles. The van der Waals surface area contributed by atoms with Gasteiger partial charge in [-0.15, -0.1) is 20.4 Å². The van der Waals surface area contributed by atoms with E-state index in [9.17, 15) is 9.59 Å². The number of aryl methyl sites for hydroxylation is 2. The molecular formula is C18H20N6O3S2. The van der Waals surface area contributed by atoms with E-state index in [-0.39, 0.29) is 23.2 Å². The van der Waals surface area contributed by atoms with Crippen LogP contribution in [0.2, 0.25) is 0 Å². The number of benzene rings is 1. The monoisotopic (exact) mass is 432 g/mol. The average Bonchev–Trinajstić information content (AvgIpc) is 3.35. The quantitative estimate of drug-likeness (QED) is 0.533. The Morgan fingerprint density at radius 3 is 2.69 bits per heavy atom. The van der Waals surface area contributed by atoms with Crippen LogP contribution in [0.15, 0.2) is 24.3 Å². The van der Waals surface area contributed by atoms with Crippen molar-refractivity contribution in [2.45, 2.75) is 33.2 Å². The van der Waals surface area contributed by atoms with Gasteiger partial charge in [0.05, 0.1) is 6.61 Å². The SMILES string of the molecule is CCOc1ccccc1CNC(=O)CCc1nnc(C(=O)Nc2nnc(C)s2)s1. The summed E-state index contributed by atoms with van der Waals surface area (Å²) < 4.78 is 5.55. The normalized spacial score (nSPS) is 10.6. The van der Waals surface area contributed by atoms with Gasteiger partial charge in [-0.05, 0) is 19.9 Å². The van der Waals surface area contributed by atoms with E-state index in [1.165, 1.54) is 11.3 Å². The molecule has 3 rings (SSSR count). The van der Waals surface area contributed by atoms with Crippen molar-refractivity contribution in [1.82, 2.24) is 25.7 Å². The Kier molecular flexibility index (Phi) is 7.19. The number of ether oxygens (including phenoxy) is 1. The summed E-state index contributed by atoms with van der Waals surface area (Å²) in [5.41, 5.74) is 0.921. The number of para-hydroxylation sites is 1. The van der Waals surface area contributed by atoms with Crippen molar-refractivity contribution >= 4 is 39.6 Å². The van der Waals surface area contributed by atoms with Crippen LogP contribution < -0.4 is 15.4 Å². The minimum Gasteiger partial charge on any atom is -0.494 e. The zero-order valence-electron chi connectivity index (χ0n) is 16.0. The second kappa shape index (κ2) is 10.0. The molecule has 0 unspecified atom stereocenters. The van der Waals surface area contributed by atoms with E-state index in [1.807, 2.05) is 31.2 Å². The molecule has 2 N–H and O–H groups in total. The molecule has 29 heavy (non-hydrogen) atoms. The van der Waals surface area contributed by atoms with Crippen molar-refractivity contribution in [3.63, 3.8) is 0 Å². The number of carbonyl (C=O) groups excluding carboxylic acids is 2. The highest BCUT2D eigenvalue weighted by Crippen LogP contribution is 2.19. The van der Waals surface area contributed by atoms with Crippen molar-refractivity contribution in [2.24, 2.45) is 0 Å². The number of aromatic nitrogens is 4. The number of rotatable bonds is 9. The zero-order chi connectivity index (χ0) is 20.6. The maximum absolute atomic E-state index is 12.2. The Morgan fingerprint density at radius 1 is 1.10 bits per heavy atom. The lowest BCUT2D eigenvalue weighted by atomic mass is 10.2. The Balaban J connectivity index is 1.47. The Labute approximate surface area is 175 Å². The van der Waals surface area contributed by atoms with Gasteiger partial charge in [-0.1, -0.05) is 40.9 Å². The van der Waals surface area contributed by atoms with Gasteiger partial charge in [0, 0.05) is 24.9 Å². The highest BCUT2D eigenvalue weighted by atomic mass is 32.1. The van der Waals surface area contributed by atoms with E-state index in [0.29, 0.717) is 29.7 Å². The summed E-state index contributed by atoms with van der Waals surface area (Å²) in [4.78, 5) is 24.3. The first-order valence-corrected chi connectivity index (χ1v) is 10.6. The standard InChI is InChI=1S/C18H20N6O3S2/c1-3-27-13-7-5-4-6-12(13)10-19-14(25)8-9-15-22-23-17(29-15)16(26)20-18-24-21-11(2)28-18/h4-7H,3,8-10H2,1-2H3,(H,19,25)(H,20,24,26). The summed E-state index contributed by atoms with van der Waals surface area (Å²) in [6.45, 7) is 4.67. The lowest BCUT2D eigenvalue weighted by molar-refractivity contribution is -0.121. The number of carbonyl (C=O) groups is 2. The number of nitrogens with zero attached hydrogens (tertiary/aromatic N) is 4. The van der Waals surface area contributed by atoms with Crippen LogP contribution in [0.25, 0.3) is 0 Å². The summed E-state index contributed by atoms with van der Waals surface area (Å²) in [6, 6.07) is 7.59. The smallest absolute Gasteiger partial charge is 0.288 e. The van der Waals surface area contributed by atoms with E-state index >= 15 is 0 Å². The van der Waals surface area contributed by atoms with Crippen LogP contribution in [0.4, 0.5) is 5.13 Å². The number of hydrogen-bond donors (Lipinski definition) is 2. The molecule has 0 spiro atoms. The molecule has 9 nitrogen and oxygen atoms in total. The molecule has 0 bridgehead atoms. The molecule has 0 aliphatic carbocycles. The summed E-state index contributed by atoms with van der Waals surface area (Å²) >= 11 is 2.43. The Hall–Kier alpha value is -2.92.